The van der Waals surface area contributed by atoms with Crippen molar-refractivity contribution in [3.63, 3.8) is 0 Å². The van der Waals surface area contributed by atoms with Crippen LogP contribution in [0.2, 0.25) is 0 Å². The van der Waals surface area contributed by atoms with Gasteiger partial charge in [-0.15, -0.1) is 0 Å². The Morgan fingerprint density at radius 1 is 0.962 bits per heavy atom. The van der Waals surface area contributed by atoms with Gasteiger partial charge in [0.15, 0.2) is 0 Å². The number of hydrogen-bond donors (Lipinski definition) is 2. The van der Waals surface area contributed by atoms with Crippen molar-refractivity contribution in [2.75, 3.05) is 17.7 Å². The van der Waals surface area contributed by atoms with Gasteiger partial charge in [0.25, 0.3) is 5.91 Å². The third-order valence-corrected chi connectivity index (χ3v) is 3.19. The summed E-state index contributed by atoms with van der Waals surface area (Å²) in [5.41, 5.74) is 0.488. The molecule has 0 spiro atoms. The first-order valence-corrected chi connectivity index (χ1v) is 7.93. The first-order valence-electron chi connectivity index (χ1n) is 7.93. The minimum Gasteiger partial charge on any atom is -0.496 e. The zero-order valence-corrected chi connectivity index (χ0v) is 15.1. The fourth-order valence-electron chi connectivity index (χ4n) is 2.11. The molecule has 0 saturated carbocycles. The number of nitrogens with one attached hydrogen (secondary N) is 2. The molecule has 2 aromatic carbocycles. The molecule has 0 aliphatic heterocycles. The molecule has 138 valence electrons. The van der Waals surface area contributed by atoms with Crippen LogP contribution in [0.3, 0.4) is 0 Å². The quantitative estimate of drug-likeness (QED) is 0.845. The molecule has 26 heavy (non-hydrogen) atoms. The first kappa shape index (κ1) is 19.2. The molecule has 2 N–H and O–H groups in total. The molecule has 2 rings (SSSR count). The maximum Gasteiger partial charge on any atom is 0.412 e. The average Bonchev–Trinajstić information content (AvgIpc) is 2.54. The molecular weight excluding hydrogens is 339 g/mol. The van der Waals surface area contributed by atoms with Gasteiger partial charge in [0.05, 0.1) is 12.7 Å². The maximum atomic E-state index is 13.4. The van der Waals surface area contributed by atoms with Crippen molar-refractivity contribution in [1.82, 2.24) is 0 Å². The molecule has 0 radical (unpaired) electrons. The minimum absolute atomic E-state index is 0.0865. The fourth-order valence-corrected chi connectivity index (χ4v) is 2.11. The Kier molecular flexibility index (Phi) is 5.82. The van der Waals surface area contributed by atoms with Crippen LogP contribution in [0.4, 0.5) is 20.6 Å². The zero-order chi connectivity index (χ0) is 19.3. The van der Waals surface area contributed by atoms with Gasteiger partial charge in [0.2, 0.25) is 0 Å². The van der Waals surface area contributed by atoms with E-state index in [1.54, 1.807) is 45.0 Å². The summed E-state index contributed by atoms with van der Waals surface area (Å²) in [6.45, 7) is 5.31. The zero-order valence-electron chi connectivity index (χ0n) is 15.1. The van der Waals surface area contributed by atoms with Gasteiger partial charge < -0.3 is 14.8 Å². The molecule has 0 aromatic heterocycles. The SMILES string of the molecule is COc1ccc(F)cc1C(=O)Nc1ccc(NC(=O)OC(C)(C)C)cc1. The molecule has 0 unspecified atom stereocenters. The molecule has 2 aromatic rings. The normalized spacial score (nSPS) is 10.8. The van der Waals surface area contributed by atoms with E-state index >= 15 is 0 Å². The van der Waals surface area contributed by atoms with Crippen molar-refractivity contribution in [1.29, 1.82) is 0 Å². The Hall–Kier alpha value is -3.09. The smallest absolute Gasteiger partial charge is 0.412 e. The molecule has 7 heteroatoms. The van der Waals surface area contributed by atoms with E-state index in [2.05, 4.69) is 10.6 Å². The maximum absolute atomic E-state index is 13.4. The summed E-state index contributed by atoms with van der Waals surface area (Å²) in [6.07, 6.45) is -0.571. The lowest BCUT2D eigenvalue weighted by Crippen LogP contribution is -2.27. The standard InChI is InChI=1S/C19H21FN2O4/c1-19(2,3)26-18(24)22-14-8-6-13(7-9-14)21-17(23)15-11-12(20)5-10-16(15)25-4/h5-11H,1-4H3,(H,21,23)(H,22,24). The van der Waals surface area contributed by atoms with Crippen LogP contribution in [0.25, 0.3) is 0 Å². The van der Waals surface area contributed by atoms with Gasteiger partial charge in [0, 0.05) is 11.4 Å². The Labute approximate surface area is 151 Å². The number of methoxy groups -OCH3 is 1. The van der Waals surface area contributed by atoms with Gasteiger partial charge in [-0.2, -0.15) is 0 Å². The van der Waals surface area contributed by atoms with E-state index in [9.17, 15) is 14.0 Å². The summed E-state index contributed by atoms with van der Waals surface area (Å²) in [7, 11) is 1.40. The summed E-state index contributed by atoms with van der Waals surface area (Å²) < 4.78 is 23.6. The number of carbonyl (C=O) groups is 2. The summed E-state index contributed by atoms with van der Waals surface area (Å²) >= 11 is 0. The second-order valence-corrected chi connectivity index (χ2v) is 6.50. The van der Waals surface area contributed by atoms with Crippen molar-refractivity contribution in [2.45, 2.75) is 26.4 Å². The highest BCUT2D eigenvalue weighted by atomic mass is 19.1. The highest BCUT2D eigenvalue weighted by molar-refractivity contribution is 6.06. The molecule has 0 atom stereocenters. The lowest BCUT2D eigenvalue weighted by molar-refractivity contribution is 0.0635. The van der Waals surface area contributed by atoms with E-state index in [1.807, 2.05) is 0 Å². The Morgan fingerprint density at radius 2 is 1.54 bits per heavy atom. The number of carbonyl (C=O) groups excluding carboxylic acids is 2. The van der Waals surface area contributed by atoms with Crippen LogP contribution in [0.1, 0.15) is 31.1 Å². The molecule has 0 fully saturated rings. The van der Waals surface area contributed by atoms with Gasteiger partial charge in [0.1, 0.15) is 17.2 Å². The van der Waals surface area contributed by atoms with Crippen LogP contribution in [0, 0.1) is 5.82 Å². The summed E-state index contributed by atoms with van der Waals surface area (Å²) in [5.74, 6) is -0.769. The second kappa shape index (κ2) is 7.86. The number of ether oxygens (including phenoxy) is 2. The minimum atomic E-state index is -0.595. The predicted octanol–water partition coefficient (Wildman–Crippen LogP) is 4.43. The highest BCUT2D eigenvalue weighted by Gasteiger charge is 2.16. The van der Waals surface area contributed by atoms with Crippen LogP contribution in [-0.4, -0.2) is 24.7 Å². The van der Waals surface area contributed by atoms with E-state index in [0.717, 1.165) is 6.07 Å². The third kappa shape index (κ3) is 5.47. The Morgan fingerprint density at radius 3 is 2.08 bits per heavy atom. The van der Waals surface area contributed by atoms with E-state index in [-0.39, 0.29) is 11.3 Å². The van der Waals surface area contributed by atoms with Crippen LogP contribution in [0.15, 0.2) is 42.5 Å². The lowest BCUT2D eigenvalue weighted by Gasteiger charge is -2.19. The number of amides is 2. The predicted molar refractivity (Wildman–Crippen MR) is 97.2 cm³/mol. The molecule has 2 amide bonds. The molecule has 6 nitrogen and oxygen atoms in total. The number of rotatable bonds is 4. The highest BCUT2D eigenvalue weighted by Crippen LogP contribution is 2.22. The summed E-state index contributed by atoms with van der Waals surface area (Å²) in [6, 6.07) is 10.1. The van der Waals surface area contributed by atoms with Crippen LogP contribution in [0.5, 0.6) is 5.75 Å². The van der Waals surface area contributed by atoms with Crippen LogP contribution >= 0.6 is 0 Å². The van der Waals surface area contributed by atoms with Gasteiger partial charge in [-0.25, -0.2) is 9.18 Å². The molecule has 0 aliphatic carbocycles. The molecule has 0 saturated heterocycles. The first-order chi connectivity index (χ1) is 12.2. The number of halogens is 1. The average molecular weight is 360 g/mol. The number of anilines is 2. The van der Waals surface area contributed by atoms with Crippen LogP contribution in [-0.2, 0) is 4.74 Å². The second-order valence-electron chi connectivity index (χ2n) is 6.50. The number of benzene rings is 2. The van der Waals surface area contributed by atoms with Gasteiger partial charge in [-0.05, 0) is 63.2 Å². The van der Waals surface area contributed by atoms with Gasteiger partial charge in [-0.3, -0.25) is 10.1 Å². The van der Waals surface area contributed by atoms with Crippen molar-refractivity contribution in [3.8, 4) is 5.75 Å². The summed E-state index contributed by atoms with van der Waals surface area (Å²) in [5, 5.41) is 5.24. The monoisotopic (exact) mass is 360 g/mol. The Balaban J connectivity index is 2.04. The van der Waals surface area contributed by atoms with E-state index in [4.69, 9.17) is 9.47 Å². The fraction of sp³-hybridized carbons (Fsp3) is 0.263. The summed E-state index contributed by atoms with van der Waals surface area (Å²) in [4.78, 5) is 24.0. The molecule has 0 aliphatic rings. The van der Waals surface area contributed by atoms with Gasteiger partial charge in [-0.1, -0.05) is 0 Å². The van der Waals surface area contributed by atoms with Gasteiger partial charge >= 0.3 is 6.09 Å². The van der Waals surface area contributed by atoms with E-state index in [0.29, 0.717) is 11.4 Å². The largest absolute Gasteiger partial charge is 0.496 e. The molecule has 0 bridgehead atoms. The van der Waals surface area contributed by atoms with Crippen molar-refractivity contribution in [2.24, 2.45) is 0 Å². The van der Waals surface area contributed by atoms with E-state index < -0.39 is 23.4 Å². The topological polar surface area (TPSA) is 76.7 Å². The molecule has 0 heterocycles. The lowest BCUT2D eigenvalue weighted by atomic mass is 10.1. The van der Waals surface area contributed by atoms with Crippen molar-refractivity contribution >= 4 is 23.4 Å². The third-order valence-electron chi connectivity index (χ3n) is 3.19. The van der Waals surface area contributed by atoms with Crippen molar-refractivity contribution in [3.05, 3.63) is 53.8 Å². The van der Waals surface area contributed by atoms with Crippen molar-refractivity contribution < 1.29 is 23.5 Å². The number of hydrogen-bond acceptors (Lipinski definition) is 4. The Bertz CT molecular complexity index is 798. The van der Waals surface area contributed by atoms with E-state index in [1.165, 1.54) is 19.2 Å². The van der Waals surface area contributed by atoms with Crippen LogP contribution < -0.4 is 15.4 Å². The molecular formula is C19H21FN2O4.